The van der Waals surface area contributed by atoms with Gasteiger partial charge < -0.3 is 15.4 Å². The number of hydrogen-bond donors (Lipinski definition) is 4. The summed E-state index contributed by atoms with van der Waals surface area (Å²) in [4.78, 5) is 28.4. The van der Waals surface area contributed by atoms with Crippen LogP contribution in [0.5, 0.6) is 0 Å². The number of aromatic nitrogens is 1. The van der Waals surface area contributed by atoms with Crippen LogP contribution in [-0.4, -0.2) is 28.0 Å². The molecule has 1 amide bonds. The largest absolute Gasteiger partial charge is 0.477 e. The fourth-order valence-electron chi connectivity index (χ4n) is 4.33. The summed E-state index contributed by atoms with van der Waals surface area (Å²) in [5, 5.41) is 17.5. The van der Waals surface area contributed by atoms with E-state index in [1.54, 1.807) is 18.2 Å². The molecule has 1 aliphatic carbocycles. The lowest BCUT2D eigenvalue weighted by Crippen LogP contribution is -2.43. The van der Waals surface area contributed by atoms with Gasteiger partial charge in [-0.2, -0.15) is 0 Å². The number of aromatic carboxylic acids is 1. The fourth-order valence-corrected chi connectivity index (χ4v) is 4.51. The van der Waals surface area contributed by atoms with Crippen molar-refractivity contribution in [2.45, 2.75) is 50.7 Å². The Morgan fingerprint density at radius 2 is 1.84 bits per heavy atom. The molecule has 0 radical (unpaired) electrons. The maximum Gasteiger partial charge on any atom is 0.352 e. The Bertz CT molecular complexity index is 1070. The first kappa shape index (κ1) is 21.4. The third kappa shape index (κ3) is 4.92. The fraction of sp³-hybridized carbons (Fsp3) is 0.333. The van der Waals surface area contributed by atoms with Gasteiger partial charge in [-0.15, -0.1) is 0 Å². The van der Waals surface area contributed by atoms with Gasteiger partial charge in [-0.25, -0.2) is 4.79 Å². The van der Waals surface area contributed by atoms with Crippen LogP contribution in [0, 0.1) is 0 Å². The highest BCUT2D eigenvalue weighted by Crippen LogP contribution is 2.31. The molecule has 1 aromatic heterocycles. The topological polar surface area (TPSA) is 94.2 Å². The molecule has 1 unspecified atom stereocenters. The quantitative estimate of drug-likeness (QED) is 0.425. The van der Waals surface area contributed by atoms with Crippen molar-refractivity contribution in [1.29, 1.82) is 0 Å². The third-order valence-corrected chi connectivity index (χ3v) is 6.11. The van der Waals surface area contributed by atoms with Crippen LogP contribution in [0.15, 0.2) is 48.5 Å². The van der Waals surface area contributed by atoms with Gasteiger partial charge in [0, 0.05) is 34.1 Å². The molecule has 0 aliphatic heterocycles. The average molecular weight is 440 g/mol. The Kier molecular flexibility index (Phi) is 6.59. The number of benzene rings is 2. The van der Waals surface area contributed by atoms with Gasteiger partial charge in [0.05, 0.1) is 0 Å². The zero-order valence-electron chi connectivity index (χ0n) is 17.2. The van der Waals surface area contributed by atoms with Gasteiger partial charge in [-0.05, 0) is 30.5 Å². The van der Waals surface area contributed by atoms with Crippen molar-refractivity contribution in [2.75, 3.05) is 0 Å². The molecule has 0 saturated heterocycles. The lowest BCUT2D eigenvalue weighted by Gasteiger charge is -2.26. The first-order valence-electron chi connectivity index (χ1n) is 10.6. The maximum absolute atomic E-state index is 13.4. The van der Waals surface area contributed by atoms with E-state index in [0.717, 1.165) is 31.2 Å². The Labute approximate surface area is 186 Å². The highest BCUT2D eigenvalue weighted by Gasteiger charge is 2.31. The molecule has 2 aromatic carbocycles. The summed E-state index contributed by atoms with van der Waals surface area (Å²) in [7, 11) is 0. The second kappa shape index (κ2) is 9.54. The summed E-state index contributed by atoms with van der Waals surface area (Å²) in [6.07, 6.45) is 5.28. The molecule has 0 spiro atoms. The monoisotopic (exact) mass is 439 g/mol. The summed E-state index contributed by atoms with van der Waals surface area (Å²) in [5.74, 6) is -1.32. The molecule has 3 aromatic rings. The molecule has 1 aliphatic rings. The van der Waals surface area contributed by atoms with Gasteiger partial charge in [0.1, 0.15) is 11.7 Å². The van der Waals surface area contributed by atoms with E-state index in [0.29, 0.717) is 28.0 Å². The Hall–Kier alpha value is -2.83. The first-order valence-corrected chi connectivity index (χ1v) is 11.0. The van der Waals surface area contributed by atoms with Gasteiger partial charge in [0.15, 0.2) is 0 Å². The zero-order chi connectivity index (χ0) is 21.8. The highest BCUT2D eigenvalue weighted by atomic mass is 35.5. The highest BCUT2D eigenvalue weighted by molar-refractivity contribution is 6.31. The SMILES string of the molecule is O=C(O)c1[nH]c2cc(Cl)ccc2c1C(NCc1ccccc1)C(=O)NC1CCCCC1. The minimum Gasteiger partial charge on any atom is -0.477 e. The first-order chi connectivity index (χ1) is 15.0. The molecule has 1 fully saturated rings. The van der Waals surface area contributed by atoms with Crippen molar-refractivity contribution < 1.29 is 14.7 Å². The normalized spacial score (nSPS) is 15.6. The van der Waals surface area contributed by atoms with Crippen molar-refractivity contribution in [2.24, 2.45) is 0 Å². The van der Waals surface area contributed by atoms with E-state index in [4.69, 9.17) is 11.6 Å². The summed E-state index contributed by atoms with van der Waals surface area (Å²) < 4.78 is 0. The van der Waals surface area contributed by atoms with E-state index < -0.39 is 12.0 Å². The average Bonchev–Trinajstić information content (AvgIpc) is 3.14. The van der Waals surface area contributed by atoms with E-state index in [1.807, 2.05) is 30.3 Å². The van der Waals surface area contributed by atoms with Crippen LogP contribution in [0.4, 0.5) is 0 Å². The third-order valence-electron chi connectivity index (χ3n) is 5.87. The zero-order valence-corrected chi connectivity index (χ0v) is 17.9. The van der Waals surface area contributed by atoms with Gasteiger partial charge in [0.2, 0.25) is 5.91 Å². The van der Waals surface area contributed by atoms with Gasteiger partial charge in [0.25, 0.3) is 0 Å². The van der Waals surface area contributed by atoms with Crippen LogP contribution >= 0.6 is 11.6 Å². The second-order valence-electron chi connectivity index (χ2n) is 8.05. The van der Waals surface area contributed by atoms with Crippen LogP contribution in [0.25, 0.3) is 10.9 Å². The molecule has 6 nitrogen and oxygen atoms in total. The minimum atomic E-state index is -1.11. The molecule has 1 saturated carbocycles. The van der Waals surface area contributed by atoms with E-state index in [1.165, 1.54) is 6.42 Å². The minimum absolute atomic E-state index is 0.00150. The van der Waals surface area contributed by atoms with Crippen molar-refractivity contribution in [3.8, 4) is 0 Å². The molecular formula is C24H26ClN3O3. The number of carboxylic acids is 1. The number of hydrogen-bond acceptors (Lipinski definition) is 3. The molecule has 0 bridgehead atoms. The van der Waals surface area contributed by atoms with Gasteiger partial charge in [-0.1, -0.05) is 67.3 Å². The molecule has 1 atom stereocenters. The Morgan fingerprint density at radius 3 is 2.55 bits per heavy atom. The number of fused-ring (bicyclic) bond motifs is 1. The molecule has 4 rings (SSSR count). The number of carbonyl (C=O) groups is 2. The van der Waals surface area contributed by atoms with Crippen molar-refractivity contribution in [3.05, 3.63) is 70.4 Å². The number of aromatic amines is 1. The molecule has 31 heavy (non-hydrogen) atoms. The summed E-state index contributed by atoms with van der Waals surface area (Å²) in [6.45, 7) is 0.433. The van der Waals surface area contributed by atoms with Crippen LogP contribution in [0.1, 0.15) is 59.8 Å². The second-order valence-corrected chi connectivity index (χ2v) is 8.49. The van der Waals surface area contributed by atoms with E-state index in [-0.39, 0.29) is 17.6 Å². The predicted molar refractivity (Wildman–Crippen MR) is 121 cm³/mol. The lowest BCUT2D eigenvalue weighted by atomic mass is 9.94. The molecular weight excluding hydrogens is 414 g/mol. The maximum atomic E-state index is 13.4. The standard InChI is InChI=1S/C24H26ClN3O3/c25-16-11-12-18-19(13-16)28-22(24(30)31)20(18)21(26-14-15-7-3-1-4-8-15)23(29)27-17-9-5-2-6-10-17/h1,3-4,7-8,11-13,17,21,26,28H,2,5-6,9-10,14H2,(H,27,29)(H,30,31). The van der Waals surface area contributed by atoms with Crippen LogP contribution in [0.3, 0.4) is 0 Å². The van der Waals surface area contributed by atoms with Crippen LogP contribution < -0.4 is 10.6 Å². The molecule has 162 valence electrons. The lowest BCUT2D eigenvalue weighted by molar-refractivity contribution is -0.124. The van der Waals surface area contributed by atoms with E-state index in [2.05, 4.69) is 15.6 Å². The number of amides is 1. The van der Waals surface area contributed by atoms with Crippen LogP contribution in [0.2, 0.25) is 5.02 Å². The number of H-pyrrole nitrogens is 1. The van der Waals surface area contributed by atoms with Crippen molar-refractivity contribution in [3.63, 3.8) is 0 Å². The Morgan fingerprint density at radius 1 is 1.10 bits per heavy atom. The van der Waals surface area contributed by atoms with Gasteiger partial charge >= 0.3 is 5.97 Å². The number of carboxylic acid groups (broad SMARTS) is 1. The predicted octanol–water partition coefficient (Wildman–Crippen LogP) is 4.80. The molecule has 4 N–H and O–H groups in total. The number of halogens is 1. The smallest absolute Gasteiger partial charge is 0.352 e. The summed E-state index contributed by atoms with van der Waals surface area (Å²) in [5.41, 5.74) is 2.04. The van der Waals surface area contributed by atoms with E-state index in [9.17, 15) is 14.7 Å². The summed E-state index contributed by atoms with van der Waals surface area (Å²) in [6, 6.07) is 14.2. The van der Waals surface area contributed by atoms with Crippen molar-refractivity contribution in [1.82, 2.24) is 15.6 Å². The molecule has 1 heterocycles. The Balaban J connectivity index is 1.71. The van der Waals surface area contributed by atoms with E-state index >= 15 is 0 Å². The number of nitrogens with one attached hydrogen (secondary N) is 3. The van der Waals surface area contributed by atoms with Gasteiger partial charge in [-0.3, -0.25) is 10.1 Å². The number of rotatable bonds is 7. The van der Waals surface area contributed by atoms with Crippen molar-refractivity contribution >= 4 is 34.4 Å². The molecule has 7 heteroatoms. The van der Waals surface area contributed by atoms with Crippen LogP contribution in [-0.2, 0) is 11.3 Å². The summed E-state index contributed by atoms with van der Waals surface area (Å²) >= 11 is 6.11. The number of carbonyl (C=O) groups excluding carboxylic acids is 1.